The molecule has 0 radical (unpaired) electrons. The molecule has 5 heteroatoms. The van der Waals surface area contributed by atoms with E-state index < -0.39 is 0 Å². The quantitative estimate of drug-likeness (QED) is 0.773. The Morgan fingerprint density at radius 1 is 1.59 bits per heavy atom. The van der Waals surface area contributed by atoms with Gasteiger partial charge < -0.3 is 10.6 Å². The Bertz CT molecular complexity index is 395. The van der Waals surface area contributed by atoms with Crippen molar-refractivity contribution in [3.63, 3.8) is 0 Å². The van der Waals surface area contributed by atoms with Crippen LogP contribution in [0.25, 0.3) is 0 Å². The summed E-state index contributed by atoms with van der Waals surface area (Å²) in [4.78, 5) is 26.6. The first-order chi connectivity index (χ1) is 8.24. The summed E-state index contributed by atoms with van der Waals surface area (Å²) < 4.78 is 0. The molecule has 2 amide bonds. The van der Waals surface area contributed by atoms with Crippen molar-refractivity contribution in [1.29, 1.82) is 0 Å². The van der Waals surface area contributed by atoms with Gasteiger partial charge in [0, 0.05) is 31.4 Å². The highest BCUT2D eigenvalue weighted by Gasteiger charge is 2.19. The second-order valence-electron chi connectivity index (χ2n) is 4.15. The van der Waals surface area contributed by atoms with Crippen molar-refractivity contribution in [3.05, 3.63) is 30.1 Å². The summed E-state index contributed by atoms with van der Waals surface area (Å²) in [6.07, 6.45) is 4.89. The Kier molecular flexibility index (Phi) is 3.69. The molecule has 5 nitrogen and oxygen atoms in total. The molecule has 1 saturated heterocycles. The Morgan fingerprint density at radius 3 is 3.12 bits per heavy atom. The molecule has 2 rings (SSSR count). The molecule has 1 atom stereocenters. The van der Waals surface area contributed by atoms with Crippen molar-refractivity contribution in [2.45, 2.75) is 25.3 Å². The van der Waals surface area contributed by atoms with Crippen LogP contribution < -0.4 is 10.6 Å². The third-order valence-electron chi connectivity index (χ3n) is 2.72. The number of nitrogens with zero attached hydrogens (tertiary/aromatic N) is 1. The number of carbonyl (C=O) groups is 2. The highest BCUT2D eigenvalue weighted by molar-refractivity contribution is 5.80. The van der Waals surface area contributed by atoms with Crippen LogP contribution in [0.4, 0.5) is 0 Å². The van der Waals surface area contributed by atoms with E-state index >= 15 is 0 Å². The summed E-state index contributed by atoms with van der Waals surface area (Å²) >= 11 is 0. The molecule has 0 saturated carbocycles. The third kappa shape index (κ3) is 3.55. The number of piperidine rings is 1. The number of amides is 2. The van der Waals surface area contributed by atoms with Crippen LogP contribution >= 0.6 is 0 Å². The predicted octanol–water partition coefficient (Wildman–Crippen LogP) is 0.0189. The van der Waals surface area contributed by atoms with E-state index in [1.54, 1.807) is 12.4 Å². The minimum atomic E-state index is -0.0286. The zero-order valence-corrected chi connectivity index (χ0v) is 9.48. The van der Waals surface area contributed by atoms with Gasteiger partial charge >= 0.3 is 0 Å². The van der Waals surface area contributed by atoms with Gasteiger partial charge in [0.15, 0.2) is 0 Å². The summed E-state index contributed by atoms with van der Waals surface area (Å²) in [6.45, 7) is 0.525. The standard InChI is InChI=1S/C12H15N3O2/c16-11-4-3-10(8-14-11)15-12(17)6-9-2-1-5-13-7-9/h1-2,5,7,10H,3-4,6,8H2,(H,14,16)(H,15,17). The van der Waals surface area contributed by atoms with Crippen LogP contribution in [0.15, 0.2) is 24.5 Å². The maximum Gasteiger partial charge on any atom is 0.224 e. The van der Waals surface area contributed by atoms with Crippen molar-refractivity contribution in [2.24, 2.45) is 0 Å². The lowest BCUT2D eigenvalue weighted by molar-refractivity contribution is -0.125. The normalized spacial score (nSPS) is 19.5. The minimum Gasteiger partial charge on any atom is -0.354 e. The average Bonchev–Trinajstić information content (AvgIpc) is 2.33. The molecule has 90 valence electrons. The molecule has 1 aromatic rings. The summed E-state index contributed by atoms with van der Waals surface area (Å²) in [5.41, 5.74) is 0.893. The van der Waals surface area contributed by atoms with Crippen LogP contribution in [-0.2, 0) is 16.0 Å². The van der Waals surface area contributed by atoms with Crippen molar-refractivity contribution in [1.82, 2.24) is 15.6 Å². The van der Waals surface area contributed by atoms with E-state index in [4.69, 9.17) is 0 Å². The smallest absolute Gasteiger partial charge is 0.224 e. The predicted molar refractivity (Wildman–Crippen MR) is 62.1 cm³/mol. The molecule has 2 N–H and O–H groups in total. The molecule has 0 aliphatic carbocycles. The molecule has 1 aromatic heterocycles. The fraction of sp³-hybridized carbons (Fsp3) is 0.417. The van der Waals surface area contributed by atoms with Gasteiger partial charge in [-0.25, -0.2) is 0 Å². The van der Waals surface area contributed by atoms with Gasteiger partial charge in [-0.05, 0) is 18.1 Å². The van der Waals surface area contributed by atoms with Gasteiger partial charge in [0.05, 0.1) is 6.42 Å². The van der Waals surface area contributed by atoms with Gasteiger partial charge in [-0.3, -0.25) is 14.6 Å². The molecule has 1 unspecified atom stereocenters. The number of pyridine rings is 1. The molecular formula is C12H15N3O2. The summed E-state index contributed by atoms with van der Waals surface area (Å²) in [5.74, 6) is 0.0295. The van der Waals surface area contributed by atoms with Crippen LogP contribution in [0.3, 0.4) is 0 Å². The van der Waals surface area contributed by atoms with Gasteiger partial charge in [-0.1, -0.05) is 6.07 Å². The van der Waals surface area contributed by atoms with Crippen LogP contribution in [-0.4, -0.2) is 29.4 Å². The molecule has 0 bridgehead atoms. The summed E-state index contributed by atoms with van der Waals surface area (Å²) in [7, 11) is 0. The van der Waals surface area contributed by atoms with Crippen molar-refractivity contribution in [3.8, 4) is 0 Å². The largest absolute Gasteiger partial charge is 0.354 e. The topological polar surface area (TPSA) is 71.1 Å². The highest BCUT2D eigenvalue weighted by Crippen LogP contribution is 2.03. The number of nitrogens with one attached hydrogen (secondary N) is 2. The van der Waals surface area contributed by atoms with E-state index in [-0.39, 0.29) is 17.9 Å². The lowest BCUT2D eigenvalue weighted by Gasteiger charge is -2.23. The van der Waals surface area contributed by atoms with E-state index in [0.717, 1.165) is 5.56 Å². The lowest BCUT2D eigenvalue weighted by Crippen LogP contribution is -2.48. The zero-order valence-electron chi connectivity index (χ0n) is 9.48. The first-order valence-electron chi connectivity index (χ1n) is 5.69. The average molecular weight is 233 g/mol. The molecule has 1 fully saturated rings. The molecule has 1 aliphatic rings. The van der Waals surface area contributed by atoms with Gasteiger partial charge in [0.2, 0.25) is 11.8 Å². The highest BCUT2D eigenvalue weighted by atomic mass is 16.2. The number of hydrogen-bond acceptors (Lipinski definition) is 3. The van der Waals surface area contributed by atoms with E-state index in [2.05, 4.69) is 15.6 Å². The fourth-order valence-corrected chi connectivity index (χ4v) is 1.82. The maximum atomic E-state index is 11.7. The van der Waals surface area contributed by atoms with Crippen molar-refractivity contribution < 1.29 is 9.59 Å². The summed E-state index contributed by atoms with van der Waals surface area (Å²) in [6, 6.07) is 3.73. The number of carbonyl (C=O) groups excluding carboxylic acids is 2. The third-order valence-corrected chi connectivity index (χ3v) is 2.72. The minimum absolute atomic E-state index is 0.0286. The Morgan fingerprint density at radius 2 is 2.47 bits per heavy atom. The SMILES string of the molecule is O=C1CCC(NC(=O)Cc2cccnc2)CN1. The lowest BCUT2D eigenvalue weighted by atomic mass is 10.1. The van der Waals surface area contributed by atoms with Crippen LogP contribution in [0.1, 0.15) is 18.4 Å². The molecule has 17 heavy (non-hydrogen) atoms. The van der Waals surface area contributed by atoms with E-state index in [9.17, 15) is 9.59 Å². The van der Waals surface area contributed by atoms with E-state index in [1.165, 1.54) is 0 Å². The van der Waals surface area contributed by atoms with E-state index in [1.807, 2.05) is 12.1 Å². The van der Waals surface area contributed by atoms with Gasteiger partial charge in [-0.15, -0.1) is 0 Å². The molecule has 0 spiro atoms. The first-order valence-corrected chi connectivity index (χ1v) is 5.69. The Hall–Kier alpha value is -1.91. The van der Waals surface area contributed by atoms with Crippen LogP contribution in [0.5, 0.6) is 0 Å². The number of aromatic nitrogens is 1. The van der Waals surface area contributed by atoms with Crippen LogP contribution in [0, 0.1) is 0 Å². The first kappa shape index (κ1) is 11.6. The second kappa shape index (κ2) is 5.43. The van der Waals surface area contributed by atoms with Crippen molar-refractivity contribution >= 4 is 11.8 Å². The van der Waals surface area contributed by atoms with Gasteiger partial charge in [0.25, 0.3) is 0 Å². The second-order valence-corrected chi connectivity index (χ2v) is 4.15. The van der Waals surface area contributed by atoms with Crippen LogP contribution in [0.2, 0.25) is 0 Å². The fourth-order valence-electron chi connectivity index (χ4n) is 1.82. The monoisotopic (exact) mass is 233 g/mol. The van der Waals surface area contributed by atoms with Gasteiger partial charge in [0.1, 0.15) is 0 Å². The molecule has 1 aliphatic heterocycles. The van der Waals surface area contributed by atoms with E-state index in [0.29, 0.717) is 25.8 Å². The maximum absolute atomic E-state index is 11.7. The molecule has 2 heterocycles. The summed E-state index contributed by atoms with van der Waals surface area (Å²) in [5, 5.41) is 5.64. The zero-order chi connectivity index (χ0) is 12.1. The van der Waals surface area contributed by atoms with Crippen molar-refractivity contribution in [2.75, 3.05) is 6.54 Å². The number of rotatable bonds is 3. The molecular weight excluding hydrogens is 218 g/mol. The Labute approximate surface area is 99.6 Å². The number of hydrogen-bond donors (Lipinski definition) is 2. The molecule has 0 aromatic carbocycles. The Balaban J connectivity index is 1.80. The van der Waals surface area contributed by atoms with Gasteiger partial charge in [-0.2, -0.15) is 0 Å².